The second-order valence-corrected chi connectivity index (χ2v) is 5.09. The predicted molar refractivity (Wildman–Crippen MR) is 74.3 cm³/mol. The number of nitrogens with two attached hydrogens (primary N) is 1. The van der Waals surface area contributed by atoms with Gasteiger partial charge in [-0.15, -0.1) is 0 Å². The molecule has 5 heteroatoms. The van der Waals surface area contributed by atoms with Crippen LogP contribution in [-0.4, -0.2) is 16.5 Å². The molecule has 1 aromatic heterocycles. The highest BCUT2D eigenvalue weighted by molar-refractivity contribution is 5.45. The standard InChI is InChI=1S/C13H23N5/c1-10-9-16-13(18-14)17-12(10)15-8-7-11-5-3-2-4-6-11/h9,11H,2-8,14H2,1H3,(H2,15,16,17,18). The van der Waals surface area contributed by atoms with Crippen LogP contribution in [0.1, 0.15) is 44.1 Å². The Hall–Kier alpha value is -1.36. The van der Waals surface area contributed by atoms with Crippen molar-refractivity contribution >= 4 is 11.8 Å². The topological polar surface area (TPSA) is 75.9 Å². The monoisotopic (exact) mass is 249 g/mol. The van der Waals surface area contributed by atoms with E-state index in [1.165, 1.54) is 38.5 Å². The summed E-state index contributed by atoms with van der Waals surface area (Å²) in [5, 5.41) is 3.39. The van der Waals surface area contributed by atoms with Crippen LogP contribution in [0, 0.1) is 12.8 Å². The number of nitrogen functional groups attached to an aromatic ring is 1. The minimum atomic E-state index is 0.459. The third kappa shape index (κ3) is 3.57. The third-order valence-electron chi connectivity index (χ3n) is 3.67. The van der Waals surface area contributed by atoms with Crippen molar-refractivity contribution in [3.8, 4) is 0 Å². The van der Waals surface area contributed by atoms with Crippen LogP contribution in [0.15, 0.2) is 6.20 Å². The lowest BCUT2D eigenvalue weighted by Gasteiger charge is -2.21. The second-order valence-electron chi connectivity index (χ2n) is 5.09. The maximum atomic E-state index is 5.31. The molecular formula is C13H23N5. The molecule has 1 fully saturated rings. The number of hydrogen-bond donors (Lipinski definition) is 3. The van der Waals surface area contributed by atoms with E-state index in [-0.39, 0.29) is 0 Å². The van der Waals surface area contributed by atoms with Crippen LogP contribution in [-0.2, 0) is 0 Å². The Labute approximate surface area is 109 Å². The molecule has 0 atom stereocenters. The zero-order chi connectivity index (χ0) is 12.8. The van der Waals surface area contributed by atoms with E-state index < -0.39 is 0 Å². The summed E-state index contributed by atoms with van der Waals surface area (Å²) in [6.07, 6.45) is 10.0. The summed E-state index contributed by atoms with van der Waals surface area (Å²) in [6.45, 7) is 2.98. The van der Waals surface area contributed by atoms with Gasteiger partial charge in [-0.25, -0.2) is 10.8 Å². The van der Waals surface area contributed by atoms with Gasteiger partial charge in [-0.3, -0.25) is 5.43 Å². The van der Waals surface area contributed by atoms with E-state index in [0.29, 0.717) is 5.95 Å². The number of anilines is 2. The average molecular weight is 249 g/mol. The van der Waals surface area contributed by atoms with Crippen molar-refractivity contribution in [2.45, 2.75) is 45.4 Å². The molecule has 0 aliphatic heterocycles. The summed E-state index contributed by atoms with van der Waals surface area (Å²) in [7, 11) is 0. The minimum Gasteiger partial charge on any atom is -0.370 e. The molecule has 0 unspecified atom stereocenters. The molecule has 0 spiro atoms. The first-order valence-corrected chi connectivity index (χ1v) is 6.83. The molecule has 2 rings (SSSR count). The smallest absolute Gasteiger partial charge is 0.239 e. The fraction of sp³-hybridized carbons (Fsp3) is 0.692. The first-order valence-electron chi connectivity index (χ1n) is 6.83. The Morgan fingerprint density at radius 2 is 2.11 bits per heavy atom. The lowest BCUT2D eigenvalue weighted by molar-refractivity contribution is 0.345. The van der Waals surface area contributed by atoms with Crippen molar-refractivity contribution in [1.29, 1.82) is 0 Å². The van der Waals surface area contributed by atoms with Crippen molar-refractivity contribution in [1.82, 2.24) is 9.97 Å². The summed E-state index contributed by atoms with van der Waals surface area (Å²) in [6, 6.07) is 0. The molecule has 0 amide bonds. The zero-order valence-corrected chi connectivity index (χ0v) is 11.1. The maximum absolute atomic E-state index is 5.31. The Kier molecular flexibility index (Phi) is 4.75. The van der Waals surface area contributed by atoms with Crippen LogP contribution >= 0.6 is 0 Å². The molecule has 1 aromatic rings. The van der Waals surface area contributed by atoms with Crippen LogP contribution in [0.3, 0.4) is 0 Å². The normalized spacial score (nSPS) is 16.6. The number of aryl methyl sites for hydroxylation is 1. The molecule has 18 heavy (non-hydrogen) atoms. The second kappa shape index (κ2) is 6.54. The molecule has 0 bridgehead atoms. The average Bonchev–Trinajstić information content (AvgIpc) is 2.42. The lowest BCUT2D eigenvalue weighted by atomic mass is 9.87. The highest BCUT2D eigenvalue weighted by atomic mass is 15.3. The first-order chi connectivity index (χ1) is 8.79. The Morgan fingerprint density at radius 1 is 1.33 bits per heavy atom. The fourth-order valence-corrected chi connectivity index (χ4v) is 2.56. The first kappa shape index (κ1) is 13.1. The molecular weight excluding hydrogens is 226 g/mol. The van der Waals surface area contributed by atoms with Crippen molar-refractivity contribution in [2.75, 3.05) is 17.3 Å². The van der Waals surface area contributed by atoms with E-state index in [4.69, 9.17) is 5.84 Å². The number of rotatable bonds is 5. The van der Waals surface area contributed by atoms with Crippen LogP contribution < -0.4 is 16.6 Å². The summed E-state index contributed by atoms with van der Waals surface area (Å²) >= 11 is 0. The van der Waals surface area contributed by atoms with Gasteiger partial charge >= 0.3 is 0 Å². The zero-order valence-electron chi connectivity index (χ0n) is 11.1. The van der Waals surface area contributed by atoms with Crippen LogP contribution in [0.5, 0.6) is 0 Å². The van der Waals surface area contributed by atoms with Crippen LogP contribution in [0.2, 0.25) is 0 Å². The van der Waals surface area contributed by atoms with E-state index in [0.717, 1.165) is 23.8 Å². The van der Waals surface area contributed by atoms with E-state index in [1.54, 1.807) is 6.20 Å². The van der Waals surface area contributed by atoms with E-state index in [9.17, 15) is 0 Å². The molecule has 0 radical (unpaired) electrons. The summed E-state index contributed by atoms with van der Waals surface area (Å²) in [5.74, 6) is 7.54. The summed E-state index contributed by atoms with van der Waals surface area (Å²) in [4.78, 5) is 8.38. The molecule has 5 nitrogen and oxygen atoms in total. The molecule has 4 N–H and O–H groups in total. The van der Waals surface area contributed by atoms with E-state index in [2.05, 4.69) is 20.7 Å². The number of hydrazine groups is 1. The molecule has 1 heterocycles. The number of nitrogens with zero attached hydrogens (tertiary/aromatic N) is 2. The molecule has 1 aliphatic carbocycles. The SMILES string of the molecule is Cc1cnc(NN)nc1NCCC1CCCCC1. The highest BCUT2D eigenvalue weighted by Crippen LogP contribution is 2.26. The van der Waals surface area contributed by atoms with Gasteiger partial charge in [0, 0.05) is 18.3 Å². The van der Waals surface area contributed by atoms with Gasteiger partial charge in [-0.1, -0.05) is 32.1 Å². The largest absolute Gasteiger partial charge is 0.370 e. The lowest BCUT2D eigenvalue weighted by Crippen LogP contribution is -2.15. The third-order valence-corrected chi connectivity index (χ3v) is 3.67. The quantitative estimate of drug-likeness (QED) is 0.552. The van der Waals surface area contributed by atoms with Gasteiger partial charge in [0.1, 0.15) is 5.82 Å². The van der Waals surface area contributed by atoms with Crippen LogP contribution in [0.4, 0.5) is 11.8 Å². The van der Waals surface area contributed by atoms with Gasteiger partial charge in [0.25, 0.3) is 0 Å². The van der Waals surface area contributed by atoms with Crippen LogP contribution in [0.25, 0.3) is 0 Å². The Balaban J connectivity index is 1.81. The van der Waals surface area contributed by atoms with Gasteiger partial charge in [0.15, 0.2) is 0 Å². The molecule has 0 aromatic carbocycles. The van der Waals surface area contributed by atoms with Crippen molar-refractivity contribution < 1.29 is 0 Å². The van der Waals surface area contributed by atoms with Gasteiger partial charge in [-0.2, -0.15) is 4.98 Å². The van der Waals surface area contributed by atoms with E-state index >= 15 is 0 Å². The van der Waals surface area contributed by atoms with Gasteiger partial charge in [-0.05, 0) is 19.3 Å². The van der Waals surface area contributed by atoms with Gasteiger partial charge in [0.2, 0.25) is 5.95 Å². The number of hydrogen-bond acceptors (Lipinski definition) is 5. The van der Waals surface area contributed by atoms with Gasteiger partial charge in [0.05, 0.1) is 0 Å². The number of nitrogens with one attached hydrogen (secondary N) is 2. The van der Waals surface area contributed by atoms with E-state index in [1.807, 2.05) is 6.92 Å². The predicted octanol–water partition coefficient (Wildman–Crippen LogP) is 2.45. The van der Waals surface area contributed by atoms with Gasteiger partial charge < -0.3 is 5.32 Å². The Bertz CT molecular complexity index is 374. The molecule has 1 aliphatic rings. The summed E-state index contributed by atoms with van der Waals surface area (Å²) < 4.78 is 0. The molecule has 100 valence electrons. The Morgan fingerprint density at radius 3 is 2.83 bits per heavy atom. The van der Waals surface area contributed by atoms with Crippen molar-refractivity contribution in [3.63, 3.8) is 0 Å². The highest BCUT2D eigenvalue weighted by Gasteiger charge is 2.13. The molecule has 0 saturated heterocycles. The fourth-order valence-electron chi connectivity index (χ4n) is 2.56. The van der Waals surface area contributed by atoms with Crippen molar-refractivity contribution in [3.05, 3.63) is 11.8 Å². The number of aromatic nitrogens is 2. The minimum absolute atomic E-state index is 0.459. The molecule has 1 saturated carbocycles. The van der Waals surface area contributed by atoms with Crippen molar-refractivity contribution in [2.24, 2.45) is 11.8 Å². The summed E-state index contributed by atoms with van der Waals surface area (Å²) in [5.41, 5.74) is 3.53. The maximum Gasteiger partial charge on any atom is 0.239 e.